The van der Waals surface area contributed by atoms with Crippen LogP contribution in [0.3, 0.4) is 0 Å². The van der Waals surface area contributed by atoms with E-state index < -0.39 is 5.97 Å². The molecule has 0 aliphatic heterocycles. The Morgan fingerprint density at radius 2 is 1.81 bits per heavy atom. The van der Waals surface area contributed by atoms with Gasteiger partial charge in [-0.05, 0) is 38.3 Å². The number of nitrogens with zero attached hydrogens (tertiary/aromatic N) is 3. The van der Waals surface area contributed by atoms with E-state index in [1.54, 1.807) is 15.5 Å². The molecule has 0 bridgehead atoms. The second-order valence-electron chi connectivity index (χ2n) is 6.35. The standard InChI is InChI=1S/C18H26N4O3S2/c1-11-14(12(2)20-18-17(11)13(3)21-22(18)4)5-6-15(23)19-8-10-27-26-9-7-16(24)25/h5-10H2,1-4H3,(H,19,23)(H,24,25). The zero-order valence-corrected chi connectivity index (χ0v) is 17.8. The van der Waals surface area contributed by atoms with E-state index in [1.165, 1.54) is 10.8 Å². The SMILES string of the molecule is Cc1nc2c(c(C)nn2C)c(C)c1CCC(=O)NCCSSCCC(=O)O. The fourth-order valence-electron chi connectivity index (χ4n) is 3.04. The van der Waals surface area contributed by atoms with Crippen LogP contribution in [0.1, 0.15) is 35.4 Å². The third-order valence-corrected chi connectivity index (χ3v) is 6.73. The molecular weight excluding hydrogens is 384 g/mol. The maximum absolute atomic E-state index is 12.1. The van der Waals surface area contributed by atoms with Crippen LogP contribution in [0.15, 0.2) is 0 Å². The first-order valence-electron chi connectivity index (χ1n) is 8.83. The number of aryl methyl sites for hydroxylation is 4. The monoisotopic (exact) mass is 410 g/mol. The number of carbonyl (C=O) groups excluding carboxylic acids is 1. The lowest BCUT2D eigenvalue weighted by atomic mass is 9.99. The average molecular weight is 411 g/mol. The smallest absolute Gasteiger partial charge is 0.304 e. The van der Waals surface area contributed by atoms with E-state index >= 15 is 0 Å². The highest BCUT2D eigenvalue weighted by atomic mass is 33.1. The minimum Gasteiger partial charge on any atom is -0.481 e. The number of nitrogens with one attached hydrogen (secondary N) is 1. The van der Waals surface area contributed by atoms with Gasteiger partial charge in [-0.2, -0.15) is 5.10 Å². The zero-order chi connectivity index (χ0) is 20.0. The average Bonchev–Trinajstić information content (AvgIpc) is 2.87. The van der Waals surface area contributed by atoms with Crippen molar-refractivity contribution in [2.45, 2.75) is 40.0 Å². The number of pyridine rings is 1. The van der Waals surface area contributed by atoms with Gasteiger partial charge in [0.15, 0.2) is 5.65 Å². The third kappa shape index (κ3) is 5.87. The molecule has 0 unspecified atom stereocenters. The van der Waals surface area contributed by atoms with Crippen molar-refractivity contribution >= 4 is 44.5 Å². The van der Waals surface area contributed by atoms with Crippen LogP contribution in [0.2, 0.25) is 0 Å². The highest BCUT2D eigenvalue weighted by Crippen LogP contribution is 2.26. The molecule has 0 aliphatic carbocycles. The summed E-state index contributed by atoms with van der Waals surface area (Å²) in [5.74, 6) is 0.579. The van der Waals surface area contributed by atoms with Crippen LogP contribution in [0, 0.1) is 20.8 Å². The first-order chi connectivity index (χ1) is 12.8. The fraction of sp³-hybridized carbons (Fsp3) is 0.556. The molecule has 9 heteroatoms. The van der Waals surface area contributed by atoms with Crippen molar-refractivity contribution in [3.8, 4) is 0 Å². The van der Waals surface area contributed by atoms with Crippen LogP contribution < -0.4 is 5.32 Å². The molecule has 0 spiro atoms. The normalized spacial score (nSPS) is 11.1. The van der Waals surface area contributed by atoms with Gasteiger partial charge in [-0.3, -0.25) is 14.3 Å². The van der Waals surface area contributed by atoms with Gasteiger partial charge in [-0.1, -0.05) is 21.6 Å². The molecule has 0 aliphatic rings. The summed E-state index contributed by atoms with van der Waals surface area (Å²) in [5, 5.41) is 17.0. The van der Waals surface area contributed by atoms with Gasteiger partial charge in [0.1, 0.15) is 0 Å². The molecule has 148 valence electrons. The van der Waals surface area contributed by atoms with Crippen LogP contribution >= 0.6 is 21.6 Å². The highest BCUT2D eigenvalue weighted by Gasteiger charge is 2.16. The number of rotatable bonds is 10. The summed E-state index contributed by atoms with van der Waals surface area (Å²) in [6.45, 7) is 6.62. The van der Waals surface area contributed by atoms with Crippen molar-refractivity contribution in [3.63, 3.8) is 0 Å². The maximum Gasteiger partial charge on any atom is 0.304 e. The number of aromatic nitrogens is 3. The lowest BCUT2D eigenvalue weighted by molar-refractivity contribution is -0.136. The molecule has 0 radical (unpaired) electrons. The Hall–Kier alpha value is -1.74. The Morgan fingerprint density at radius 1 is 1.11 bits per heavy atom. The quantitative estimate of drug-likeness (QED) is 0.459. The van der Waals surface area contributed by atoms with E-state index in [4.69, 9.17) is 5.11 Å². The largest absolute Gasteiger partial charge is 0.481 e. The van der Waals surface area contributed by atoms with Crippen LogP contribution in [0.25, 0.3) is 11.0 Å². The zero-order valence-electron chi connectivity index (χ0n) is 16.2. The Labute approximate surface area is 167 Å². The molecule has 1 amide bonds. The summed E-state index contributed by atoms with van der Waals surface area (Å²) in [4.78, 5) is 27.2. The Bertz CT molecular complexity index is 836. The van der Waals surface area contributed by atoms with Gasteiger partial charge in [-0.25, -0.2) is 4.98 Å². The number of aliphatic carboxylic acids is 1. The highest BCUT2D eigenvalue weighted by molar-refractivity contribution is 8.76. The summed E-state index contributed by atoms with van der Waals surface area (Å²) in [7, 11) is 5.00. The van der Waals surface area contributed by atoms with Crippen molar-refractivity contribution in [3.05, 3.63) is 22.5 Å². The van der Waals surface area contributed by atoms with E-state index in [1.807, 2.05) is 20.9 Å². The molecule has 0 saturated heterocycles. The van der Waals surface area contributed by atoms with Gasteiger partial charge in [0.05, 0.1) is 12.1 Å². The maximum atomic E-state index is 12.1. The summed E-state index contributed by atoms with van der Waals surface area (Å²) in [6.07, 6.45) is 1.24. The van der Waals surface area contributed by atoms with Gasteiger partial charge in [0, 0.05) is 42.6 Å². The number of carbonyl (C=O) groups is 2. The van der Waals surface area contributed by atoms with Gasteiger partial charge in [-0.15, -0.1) is 0 Å². The minimum atomic E-state index is -0.781. The Morgan fingerprint density at radius 3 is 2.52 bits per heavy atom. The number of hydrogen-bond donors (Lipinski definition) is 2. The van der Waals surface area contributed by atoms with E-state index in [0.717, 1.165) is 39.3 Å². The van der Waals surface area contributed by atoms with Crippen molar-refractivity contribution in [2.75, 3.05) is 18.1 Å². The van der Waals surface area contributed by atoms with E-state index in [-0.39, 0.29) is 12.3 Å². The van der Waals surface area contributed by atoms with Crippen molar-refractivity contribution < 1.29 is 14.7 Å². The second-order valence-corrected chi connectivity index (χ2v) is 9.05. The molecule has 0 atom stereocenters. The van der Waals surface area contributed by atoms with E-state index in [9.17, 15) is 9.59 Å². The van der Waals surface area contributed by atoms with Crippen molar-refractivity contribution in [1.29, 1.82) is 0 Å². The minimum absolute atomic E-state index is 0.0212. The summed E-state index contributed by atoms with van der Waals surface area (Å²) < 4.78 is 1.80. The molecule has 0 fully saturated rings. The number of carboxylic acid groups (broad SMARTS) is 1. The van der Waals surface area contributed by atoms with Crippen molar-refractivity contribution in [1.82, 2.24) is 20.1 Å². The van der Waals surface area contributed by atoms with Crippen LogP contribution in [-0.2, 0) is 23.1 Å². The van der Waals surface area contributed by atoms with Gasteiger partial charge in [0.25, 0.3) is 0 Å². The van der Waals surface area contributed by atoms with E-state index in [2.05, 4.69) is 22.3 Å². The molecule has 7 nitrogen and oxygen atoms in total. The van der Waals surface area contributed by atoms with Crippen molar-refractivity contribution in [2.24, 2.45) is 7.05 Å². The molecular formula is C18H26N4O3S2. The van der Waals surface area contributed by atoms with Gasteiger partial charge < -0.3 is 10.4 Å². The Kier molecular flexibility index (Phi) is 7.97. The number of carboxylic acids is 1. The topological polar surface area (TPSA) is 97.1 Å². The van der Waals surface area contributed by atoms with Crippen LogP contribution in [0.4, 0.5) is 0 Å². The van der Waals surface area contributed by atoms with Crippen LogP contribution in [0.5, 0.6) is 0 Å². The molecule has 27 heavy (non-hydrogen) atoms. The van der Waals surface area contributed by atoms with Gasteiger partial charge >= 0.3 is 5.97 Å². The summed E-state index contributed by atoms with van der Waals surface area (Å²) in [5.41, 5.74) is 5.06. The summed E-state index contributed by atoms with van der Waals surface area (Å²) in [6, 6.07) is 0. The number of amides is 1. The molecule has 2 aromatic heterocycles. The molecule has 2 aromatic rings. The molecule has 0 saturated carbocycles. The molecule has 2 rings (SSSR count). The molecule has 2 N–H and O–H groups in total. The fourth-order valence-corrected chi connectivity index (χ4v) is 4.92. The first kappa shape index (κ1) is 21.6. The predicted molar refractivity (Wildman–Crippen MR) is 111 cm³/mol. The lowest BCUT2D eigenvalue weighted by Crippen LogP contribution is -2.26. The second kappa shape index (κ2) is 9.98. The molecule has 2 heterocycles. The van der Waals surface area contributed by atoms with Gasteiger partial charge in [0.2, 0.25) is 5.91 Å². The Balaban J connectivity index is 1.82. The lowest BCUT2D eigenvalue weighted by Gasteiger charge is -2.11. The predicted octanol–water partition coefficient (Wildman–Crippen LogP) is 2.80. The van der Waals surface area contributed by atoms with E-state index in [0.29, 0.717) is 25.1 Å². The summed E-state index contributed by atoms with van der Waals surface area (Å²) >= 11 is 0. The van der Waals surface area contributed by atoms with Crippen LogP contribution in [-0.4, -0.2) is 49.8 Å². The number of hydrogen-bond acceptors (Lipinski definition) is 6. The number of fused-ring (bicyclic) bond motifs is 1. The first-order valence-corrected chi connectivity index (χ1v) is 11.3. The molecule has 0 aromatic carbocycles. The third-order valence-electron chi connectivity index (χ3n) is 4.32.